The molecule has 2 aromatic rings. The van der Waals surface area contributed by atoms with Gasteiger partial charge in [0.05, 0.1) is 19.9 Å². The molecule has 0 unspecified atom stereocenters. The topological polar surface area (TPSA) is 77.5 Å². The van der Waals surface area contributed by atoms with E-state index < -0.39 is 11.8 Å². The number of nitrogens with one attached hydrogen (secondary N) is 1. The van der Waals surface area contributed by atoms with E-state index in [2.05, 4.69) is 15.0 Å². The van der Waals surface area contributed by atoms with Crippen molar-refractivity contribution >= 4 is 28.3 Å². The van der Waals surface area contributed by atoms with E-state index >= 15 is 0 Å². The second-order valence-corrected chi connectivity index (χ2v) is 5.94. The van der Waals surface area contributed by atoms with E-state index in [1.54, 1.807) is 13.0 Å². The van der Waals surface area contributed by atoms with E-state index in [-0.39, 0.29) is 18.1 Å². The van der Waals surface area contributed by atoms with Gasteiger partial charge in [0.25, 0.3) is 0 Å². The molecule has 1 heterocycles. The van der Waals surface area contributed by atoms with Crippen LogP contribution in [0.1, 0.15) is 27.3 Å². The minimum atomic E-state index is -0.487. The summed E-state index contributed by atoms with van der Waals surface area (Å²) in [5.41, 5.74) is 1.19. The molecule has 128 valence electrons. The number of aromatic nitrogens is 1. The number of esters is 1. The highest BCUT2D eigenvalue weighted by Gasteiger charge is 2.17. The Hall–Kier alpha value is -2.48. The summed E-state index contributed by atoms with van der Waals surface area (Å²) in [7, 11) is 2.68. The van der Waals surface area contributed by atoms with Crippen molar-refractivity contribution in [3.8, 4) is 5.75 Å². The van der Waals surface area contributed by atoms with Crippen LogP contribution in [0.5, 0.6) is 5.75 Å². The molecule has 0 bridgehead atoms. The summed E-state index contributed by atoms with van der Waals surface area (Å²) in [6.45, 7) is 1.67. The molecule has 24 heavy (non-hydrogen) atoms. The summed E-state index contributed by atoms with van der Waals surface area (Å²) in [6, 6.07) is 4.57. The fraction of sp³-hybridized carbons (Fsp3) is 0.312. The molecular formula is C16H17FN2O4S. The Bertz CT molecular complexity index is 761. The predicted molar refractivity (Wildman–Crippen MR) is 88.1 cm³/mol. The Morgan fingerprint density at radius 1 is 1.33 bits per heavy atom. The molecule has 8 heteroatoms. The summed E-state index contributed by atoms with van der Waals surface area (Å²) < 4.78 is 23.1. The van der Waals surface area contributed by atoms with Crippen LogP contribution in [0.15, 0.2) is 18.2 Å². The highest BCUT2D eigenvalue weighted by atomic mass is 32.1. The molecule has 1 N–H and O–H groups in total. The van der Waals surface area contributed by atoms with E-state index in [0.717, 1.165) is 11.3 Å². The summed E-state index contributed by atoms with van der Waals surface area (Å²) in [5, 5.41) is 2.96. The highest BCUT2D eigenvalue weighted by molar-refractivity contribution is 7.17. The van der Waals surface area contributed by atoms with Crippen molar-refractivity contribution in [1.29, 1.82) is 0 Å². The van der Waals surface area contributed by atoms with Gasteiger partial charge in [0, 0.05) is 6.42 Å². The lowest BCUT2D eigenvalue weighted by Crippen LogP contribution is -2.12. The average Bonchev–Trinajstić information content (AvgIpc) is 2.92. The maximum absolute atomic E-state index is 13.6. The van der Waals surface area contributed by atoms with Crippen molar-refractivity contribution in [2.24, 2.45) is 0 Å². The molecular weight excluding hydrogens is 335 g/mol. The van der Waals surface area contributed by atoms with Crippen molar-refractivity contribution < 1.29 is 23.5 Å². The summed E-state index contributed by atoms with van der Waals surface area (Å²) >= 11 is 1.06. The van der Waals surface area contributed by atoms with E-state index in [9.17, 15) is 14.0 Å². The Kier molecular flexibility index (Phi) is 5.86. The van der Waals surface area contributed by atoms with Gasteiger partial charge in [-0.15, -0.1) is 0 Å². The third-order valence-corrected chi connectivity index (χ3v) is 4.32. The standard InChI is InChI=1S/C16H17FN2O4S/c1-9-14(15(21)23-3)24-16(18-9)19-13(20)7-5-10-4-6-12(22-2)11(17)8-10/h4,6,8H,5,7H2,1-3H3,(H,18,19,20). The molecule has 1 aromatic carbocycles. The third kappa shape index (κ3) is 4.29. The number of carbonyl (C=O) groups excluding carboxylic acids is 2. The second kappa shape index (κ2) is 7.87. The van der Waals surface area contributed by atoms with Gasteiger partial charge in [0.1, 0.15) is 4.88 Å². The molecule has 0 spiro atoms. The molecule has 6 nitrogen and oxygen atoms in total. The molecule has 1 aromatic heterocycles. The maximum Gasteiger partial charge on any atom is 0.350 e. The second-order valence-electron chi connectivity index (χ2n) is 4.94. The van der Waals surface area contributed by atoms with Gasteiger partial charge in [-0.1, -0.05) is 17.4 Å². The van der Waals surface area contributed by atoms with E-state index in [0.29, 0.717) is 27.7 Å². The third-order valence-electron chi connectivity index (χ3n) is 3.27. The predicted octanol–water partition coefficient (Wildman–Crippen LogP) is 2.96. The van der Waals surface area contributed by atoms with Gasteiger partial charge in [-0.2, -0.15) is 0 Å². The molecule has 2 rings (SSSR count). The van der Waals surface area contributed by atoms with Gasteiger partial charge in [-0.05, 0) is 31.0 Å². The van der Waals surface area contributed by atoms with Crippen LogP contribution < -0.4 is 10.1 Å². The van der Waals surface area contributed by atoms with Crippen LogP contribution in [-0.4, -0.2) is 31.1 Å². The lowest BCUT2D eigenvalue weighted by molar-refractivity contribution is -0.116. The molecule has 0 aliphatic carbocycles. The van der Waals surface area contributed by atoms with Crippen LogP contribution in [0.25, 0.3) is 0 Å². The van der Waals surface area contributed by atoms with Crippen LogP contribution in [0.2, 0.25) is 0 Å². The lowest BCUT2D eigenvalue weighted by atomic mass is 10.1. The van der Waals surface area contributed by atoms with Crippen LogP contribution in [0.4, 0.5) is 9.52 Å². The number of thiazole rings is 1. The fourth-order valence-electron chi connectivity index (χ4n) is 2.04. The number of benzene rings is 1. The first-order chi connectivity index (χ1) is 11.4. The number of halogens is 1. The number of methoxy groups -OCH3 is 2. The molecule has 0 saturated carbocycles. The number of amides is 1. The summed E-state index contributed by atoms with van der Waals surface area (Å²) in [6.07, 6.45) is 0.541. The summed E-state index contributed by atoms with van der Waals surface area (Å²) in [4.78, 5) is 28.0. The van der Waals surface area contributed by atoms with Gasteiger partial charge < -0.3 is 14.8 Å². The molecule has 0 saturated heterocycles. The Morgan fingerprint density at radius 3 is 2.71 bits per heavy atom. The number of hydrogen-bond donors (Lipinski definition) is 1. The quantitative estimate of drug-likeness (QED) is 0.809. The van der Waals surface area contributed by atoms with Crippen molar-refractivity contribution in [1.82, 2.24) is 4.98 Å². The molecule has 0 radical (unpaired) electrons. The zero-order valence-corrected chi connectivity index (χ0v) is 14.3. The maximum atomic E-state index is 13.6. The fourth-order valence-corrected chi connectivity index (χ4v) is 2.94. The van der Waals surface area contributed by atoms with Crippen molar-refractivity contribution in [3.63, 3.8) is 0 Å². The molecule has 0 aliphatic heterocycles. The van der Waals surface area contributed by atoms with Crippen LogP contribution in [0, 0.1) is 12.7 Å². The zero-order valence-electron chi connectivity index (χ0n) is 13.5. The van der Waals surface area contributed by atoms with Crippen LogP contribution in [0.3, 0.4) is 0 Å². The smallest absolute Gasteiger partial charge is 0.350 e. The largest absolute Gasteiger partial charge is 0.494 e. The van der Waals surface area contributed by atoms with Gasteiger partial charge in [0.15, 0.2) is 16.7 Å². The minimum Gasteiger partial charge on any atom is -0.494 e. The van der Waals surface area contributed by atoms with Crippen molar-refractivity contribution in [2.75, 3.05) is 19.5 Å². The van der Waals surface area contributed by atoms with Crippen molar-refractivity contribution in [3.05, 3.63) is 40.2 Å². The average molecular weight is 352 g/mol. The first-order valence-electron chi connectivity index (χ1n) is 7.12. The van der Waals surface area contributed by atoms with Gasteiger partial charge in [-0.25, -0.2) is 14.2 Å². The number of hydrogen-bond acceptors (Lipinski definition) is 6. The first kappa shape index (κ1) is 17.9. The van der Waals surface area contributed by atoms with Crippen LogP contribution >= 0.6 is 11.3 Å². The van der Waals surface area contributed by atoms with Crippen molar-refractivity contribution in [2.45, 2.75) is 19.8 Å². The Morgan fingerprint density at radius 2 is 2.08 bits per heavy atom. The van der Waals surface area contributed by atoms with Gasteiger partial charge in [-0.3, -0.25) is 4.79 Å². The van der Waals surface area contributed by atoms with Crippen LogP contribution in [-0.2, 0) is 16.0 Å². The highest BCUT2D eigenvalue weighted by Crippen LogP contribution is 2.23. The molecule has 1 amide bonds. The monoisotopic (exact) mass is 352 g/mol. The van der Waals surface area contributed by atoms with E-state index in [1.165, 1.54) is 26.4 Å². The summed E-state index contributed by atoms with van der Waals surface area (Å²) in [5.74, 6) is -1.05. The molecule has 0 fully saturated rings. The Labute approximate surface area is 142 Å². The normalized spacial score (nSPS) is 10.3. The molecule has 0 aliphatic rings. The number of aryl methyl sites for hydroxylation is 2. The SMILES string of the molecule is COC(=O)c1sc(NC(=O)CCc2ccc(OC)c(F)c2)nc1C. The molecule has 0 atom stereocenters. The van der Waals surface area contributed by atoms with E-state index in [1.807, 2.05) is 0 Å². The number of ether oxygens (including phenoxy) is 2. The zero-order chi connectivity index (χ0) is 17.7. The van der Waals surface area contributed by atoms with Gasteiger partial charge in [0.2, 0.25) is 5.91 Å². The van der Waals surface area contributed by atoms with Gasteiger partial charge >= 0.3 is 5.97 Å². The number of anilines is 1. The first-order valence-corrected chi connectivity index (χ1v) is 7.94. The van der Waals surface area contributed by atoms with E-state index in [4.69, 9.17) is 4.74 Å². The minimum absolute atomic E-state index is 0.164. The number of carbonyl (C=O) groups is 2. The Balaban J connectivity index is 1.94. The number of rotatable bonds is 6. The lowest BCUT2D eigenvalue weighted by Gasteiger charge is -2.05. The number of nitrogens with zero attached hydrogens (tertiary/aromatic N) is 1.